The summed E-state index contributed by atoms with van der Waals surface area (Å²) in [5, 5.41) is 16.8. The van der Waals surface area contributed by atoms with Crippen molar-refractivity contribution in [3.05, 3.63) is 0 Å². The highest BCUT2D eigenvalue weighted by Crippen LogP contribution is 2.31. The topological polar surface area (TPSA) is 79.8 Å². The van der Waals surface area contributed by atoms with Crippen molar-refractivity contribution in [3.8, 4) is 0 Å². The molecule has 0 bridgehead atoms. The average Bonchev–Trinajstić information content (AvgIpc) is 2.75. The lowest BCUT2D eigenvalue weighted by Crippen LogP contribution is -2.59. The van der Waals surface area contributed by atoms with Gasteiger partial charge in [-0.25, -0.2) is 0 Å². The van der Waals surface area contributed by atoms with Crippen LogP contribution in [0, 0.1) is 23.7 Å². The molecule has 2 saturated heterocycles. The zero-order chi connectivity index (χ0) is 23.0. The number of carbonyl (C=O) groups excluding carboxylic acids is 1. The first-order chi connectivity index (χ1) is 14.8. The second-order valence-electron chi connectivity index (χ2n) is 10.2. The minimum Gasteiger partial charge on any atom is -0.389 e. The van der Waals surface area contributed by atoms with Gasteiger partial charge in [0, 0.05) is 18.5 Å². The zero-order valence-electron chi connectivity index (χ0n) is 20.7. The van der Waals surface area contributed by atoms with E-state index in [1.807, 2.05) is 27.8 Å². The van der Waals surface area contributed by atoms with Gasteiger partial charge in [-0.3, -0.25) is 4.79 Å². The maximum Gasteiger partial charge on any atom is 0.225 e. The summed E-state index contributed by atoms with van der Waals surface area (Å²) in [6, 6.07) is -0.0955. The number of amides is 1. The van der Waals surface area contributed by atoms with Gasteiger partial charge in [-0.05, 0) is 51.5 Å². The van der Waals surface area contributed by atoms with Gasteiger partial charge >= 0.3 is 0 Å². The molecule has 2 aliphatic heterocycles. The summed E-state index contributed by atoms with van der Waals surface area (Å²) in [7, 11) is 1.86. The molecule has 0 spiro atoms. The standard InChI is InChI=1S/C25H48N2O4/c1-7-20-11-8-10-16(2)13-14-21(17(3)24(29)27-15-9-12-20)31-25-18(4)22(26-6)23(28)19(5)30-25/h16-23,25-26,28H,7-15H2,1-6H3,(H,27,29). The lowest BCUT2D eigenvalue weighted by molar-refractivity contribution is -0.270. The van der Waals surface area contributed by atoms with Gasteiger partial charge in [0.1, 0.15) is 0 Å². The van der Waals surface area contributed by atoms with E-state index in [1.54, 1.807) is 0 Å². The molecule has 2 fully saturated rings. The molecule has 6 heteroatoms. The molecule has 2 aliphatic rings. The van der Waals surface area contributed by atoms with E-state index in [2.05, 4.69) is 24.5 Å². The van der Waals surface area contributed by atoms with Gasteiger partial charge < -0.3 is 25.2 Å². The van der Waals surface area contributed by atoms with E-state index in [1.165, 1.54) is 32.1 Å². The van der Waals surface area contributed by atoms with Gasteiger partial charge in [0.2, 0.25) is 5.91 Å². The predicted molar refractivity (Wildman–Crippen MR) is 125 cm³/mol. The highest BCUT2D eigenvalue weighted by Gasteiger charge is 2.42. The molecule has 1 amide bonds. The van der Waals surface area contributed by atoms with Gasteiger partial charge in [-0.2, -0.15) is 0 Å². The number of ether oxygens (including phenoxy) is 2. The molecule has 0 aromatic heterocycles. The molecule has 0 aliphatic carbocycles. The minimum atomic E-state index is -0.573. The van der Waals surface area contributed by atoms with Crippen LogP contribution in [0.4, 0.5) is 0 Å². The summed E-state index contributed by atoms with van der Waals surface area (Å²) in [4.78, 5) is 12.9. The van der Waals surface area contributed by atoms with Crippen LogP contribution in [0.25, 0.3) is 0 Å². The predicted octanol–water partition coefficient (Wildman–Crippen LogP) is 3.86. The van der Waals surface area contributed by atoms with Crippen LogP contribution in [-0.2, 0) is 14.3 Å². The third-order valence-corrected chi connectivity index (χ3v) is 7.73. The molecule has 6 nitrogen and oxygen atoms in total. The van der Waals surface area contributed by atoms with Crippen LogP contribution in [0.3, 0.4) is 0 Å². The highest BCUT2D eigenvalue weighted by molar-refractivity contribution is 5.78. The van der Waals surface area contributed by atoms with Crippen molar-refractivity contribution < 1.29 is 19.4 Å². The molecule has 0 saturated carbocycles. The number of aliphatic hydroxyl groups excluding tert-OH is 1. The molecule has 31 heavy (non-hydrogen) atoms. The van der Waals surface area contributed by atoms with Gasteiger partial charge in [0.25, 0.3) is 0 Å². The second-order valence-corrected chi connectivity index (χ2v) is 10.2. The van der Waals surface area contributed by atoms with E-state index in [0.29, 0.717) is 5.92 Å². The van der Waals surface area contributed by atoms with Crippen molar-refractivity contribution >= 4 is 5.91 Å². The van der Waals surface area contributed by atoms with Crippen LogP contribution in [0.1, 0.15) is 86.0 Å². The average molecular weight is 441 g/mol. The number of carbonyl (C=O) groups is 1. The Morgan fingerprint density at radius 2 is 1.81 bits per heavy atom. The van der Waals surface area contributed by atoms with Crippen molar-refractivity contribution in [2.24, 2.45) is 23.7 Å². The Kier molecular flexibility index (Phi) is 11.2. The molecule has 9 atom stereocenters. The third kappa shape index (κ3) is 7.69. The first kappa shape index (κ1) is 26.6. The summed E-state index contributed by atoms with van der Waals surface area (Å²) in [6.07, 6.45) is 7.67. The van der Waals surface area contributed by atoms with Crippen LogP contribution < -0.4 is 10.6 Å². The Hall–Kier alpha value is -0.690. The maximum atomic E-state index is 12.9. The molecule has 3 N–H and O–H groups in total. The fourth-order valence-corrected chi connectivity index (χ4v) is 5.22. The number of hydrogen-bond acceptors (Lipinski definition) is 5. The van der Waals surface area contributed by atoms with E-state index < -0.39 is 12.4 Å². The van der Waals surface area contributed by atoms with Gasteiger partial charge in [-0.1, -0.05) is 53.4 Å². The molecule has 9 unspecified atom stereocenters. The molecule has 0 aromatic rings. The largest absolute Gasteiger partial charge is 0.389 e. The molecule has 0 aromatic carbocycles. The second kappa shape index (κ2) is 13.1. The summed E-state index contributed by atoms with van der Waals surface area (Å²) in [6.45, 7) is 11.3. The summed E-state index contributed by atoms with van der Waals surface area (Å²) < 4.78 is 12.5. The van der Waals surface area contributed by atoms with E-state index in [4.69, 9.17) is 9.47 Å². The Morgan fingerprint density at radius 3 is 2.48 bits per heavy atom. The van der Waals surface area contributed by atoms with Crippen LogP contribution in [-0.4, -0.2) is 55.2 Å². The van der Waals surface area contributed by atoms with Crippen molar-refractivity contribution in [2.75, 3.05) is 13.6 Å². The van der Waals surface area contributed by atoms with Crippen molar-refractivity contribution in [3.63, 3.8) is 0 Å². The molecule has 182 valence electrons. The number of hydrogen-bond donors (Lipinski definition) is 3. The fourth-order valence-electron chi connectivity index (χ4n) is 5.22. The van der Waals surface area contributed by atoms with E-state index in [9.17, 15) is 9.90 Å². The molecular formula is C25H48N2O4. The summed E-state index contributed by atoms with van der Waals surface area (Å²) in [5.41, 5.74) is 0. The van der Waals surface area contributed by atoms with Crippen molar-refractivity contribution in [1.29, 1.82) is 0 Å². The normalized spacial score (nSPS) is 41.9. The maximum absolute atomic E-state index is 12.9. The molecular weight excluding hydrogens is 392 g/mol. The summed E-state index contributed by atoms with van der Waals surface area (Å²) >= 11 is 0. The molecule has 0 radical (unpaired) electrons. The van der Waals surface area contributed by atoms with Crippen LogP contribution in [0.2, 0.25) is 0 Å². The van der Waals surface area contributed by atoms with E-state index in [-0.39, 0.29) is 36.0 Å². The number of aliphatic hydroxyl groups is 1. The Bertz CT molecular complexity index is 532. The SMILES string of the molecule is CCC1CCCNC(=O)C(C)C(OC2OC(C)C(O)C(NC)C2C)CCC(C)CCC1. The third-order valence-electron chi connectivity index (χ3n) is 7.73. The number of rotatable bonds is 4. The first-order valence-electron chi connectivity index (χ1n) is 12.7. The lowest BCUT2D eigenvalue weighted by atomic mass is 9.88. The minimum absolute atomic E-state index is 0.0112. The zero-order valence-corrected chi connectivity index (χ0v) is 20.7. The number of likely N-dealkylation sites (N-methyl/N-ethyl adjacent to an activating group) is 1. The fraction of sp³-hybridized carbons (Fsp3) is 0.960. The Labute approximate surface area is 190 Å². The first-order valence-corrected chi connectivity index (χ1v) is 12.7. The van der Waals surface area contributed by atoms with E-state index >= 15 is 0 Å². The smallest absolute Gasteiger partial charge is 0.225 e. The summed E-state index contributed by atoms with van der Waals surface area (Å²) in [5.74, 6) is 1.23. The number of nitrogens with one attached hydrogen (secondary N) is 2. The van der Waals surface area contributed by atoms with Gasteiger partial charge in [0.15, 0.2) is 6.29 Å². The quantitative estimate of drug-likeness (QED) is 0.619. The monoisotopic (exact) mass is 440 g/mol. The lowest BCUT2D eigenvalue weighted by Gasteiger charge is -2.44. The van der Waals surface area contributed by atoms with Crippen LogP contribution in [0.15, 0.2) is 0 Å². The molecule has 2 heterocycles. The van der Waals surface area contributed by atoms with E-state index in [0.717, 1.165) is 31.7 Å². The highest BCUT2D eigenvalue weighted by atomic mass is 16.7. The van der Waals surface area contributed by atoms with Crippen LogP contribution in [0.5, 0.6) is 0 Å². The Morgan fingerprint density at radius 1 is 1.10 bits per heavy atom. The van der Waals surface area contributed by atoms with Gasteiger partial charge in [-0.15, -0.1) is 0 Å². The van der Waals surface area contributed by atoms with Crippen molar-refractivity contribution in [2.45, 2.75) is 117 Å². The van der Waals surface area contributed by atoms with Crippen LogP contribution >= 0.6 is 0 Å². The molecule has 2 rings (SSSR count). The Balaban J connectivity index is 2.08. The van der Waals surface area contributed by atoms with Crippen molar-refractivity contribution in [1.82, 2.24) is 10.6 Å². The van der Waals surface area contributed by atoms with Gasteiger partial charge in [0.05, 0.1) is 24.2 Å².